The smallest absolute Gasteiger partial charge is 0.319 e. The summed E-state index contributed by atoms with van der Waals surface area (Å²) in [4.78, 5) is 35.1. The van der Waals surface area contributed by atoms with Crippen molar-refractivity contribution < 1.29 is 14.4 Å². The van der Waals surface area contributed by atoms with E-state index < -0.39 is 12.1 Å². The topological polar surface area (TPSA) is 99.3 Å². The lowest BCUT2D eigenvalue weighted by Gasteiger charge is -2.12. The summed E-state index contributed by atoms with van der Waals surface area (Å²) in [5.74, 6) is -0.448. The van der Waals surface area contributed by atoms with E-state index in [9.17, 15) is 14.4 Å². The lowest BCUT2D eigenvalue weighted by atomic mass is 10.2. The lowest BCUT2D eigenvalue weighted by molar-refractivity contribution is -0.120. The number of urea groups is 1. The van der Waals surface area contributed by atoms with E-state index in [1.54, 1.807) is 12.1 Å². The van der Waals surface area contributed by atoms with Crippen LogP contribution < -0.4 is 21.3 Å². The minimum atomic E-state index is -0.524. The van der Waals surface area contributed by atoms with E-state index in [0.29, 0.717) is 30.8 Å². The Morgan fingerprint density at radius 2 is 2.17 bits per heavy atom. The molecule has 1 saturated heterocycles. The molecule has 1 aromatic carbocycles. The fourth-order valence-corrected chi connectivity index (χ4v) is 2.43. The molecule has 4 amide bonds. The van der Waals surface area contributed by atoms with Gasteiger partial charge in [0.05, 0.1) is 10.6 Å². The van der Waals surface area contributed by atoms with Crippen molar-refractivity contribution in [2.45, 2.75) is 25.8 Å². The Labute approximate surface area is 139 Å². The van der Waals surface area contributed by atoms with E-state index >= 15 is 0 Å². The van der Waals surface area contributed by atoms with Gasteiger partial charge in [-0.25, -0.2) is 4.79 Å². The number of rotatable bonds is 5. The largest absolute Gasteiger partial charge is 0.354 e. The molecule has 23 heavy (non-hydrogen) atoms. The van der Waals surface area contributed by atoms with Gasteiger partial charge in [0, 0.05) is 18.8 Å². The minimum Gasteiger partial charge on any atom is -0.354 e. The normalized spacial score (nSPS) is 16.6. The van der Waals surface area contributed by atoms with Gasteiger partial charge in [-0.1, -0.05) is 18.5 Å². The molecule has 1 aliphatic rings. The molecule has 7 nitrogen and oxygen atoms in total. The van der Waals surface area contributed by atoms with E-state index in [0.717, 1.165) is 6.42 Å². The third-order valence-corrected chi connectivity index (χ3v) is 3.67. The quantitative estimate of drug-likeness (QED) is 0.654. The van der Waals surface area contributed by atoms with Crippen LogP contribution in [0.5, 0.6) is 0 Å². The summed E-state index contributed by atoms with van der Waals surface area (Å²) in [6, 6.07) is 3.61. The zero-order valence-electron chi connectivity index (χ0n) is 12.7. The highest BCUT2D eigenvalue weighted by Gasteiger charge is 2.25. The van der Waals surface area contributed by atoms with E-state index in [1.165, 1.54) is 6.07 Å². The molecule has 2 rings (SSSR count). The summed E-state index contributed by atoms with van der Waals surface area (Å²) >= 11 is 6.08. The van der Waals surface area contributed by atoms with Crippen molar-refractivity contribution in [3.63, 3.8) is 0 Å². The average molecular weight is 339 g/mol. The highest BCUT2D eigenvalue weighted by molar-refractivity contribution is 6.34. The second kappa shape index (κ2) is 7.82. The van der Waals surface area contributed by atoms with Crippen LogP contribution in [0.4, 0.5) is 10.5 Å². The Hall–Kier alpha value is -2.28. The Balaban J connectivity index is 1.95. The van der Waals surface area contributed by atoms with Gasteiger partial charge in [-0.15, -0.1) is 0 Å². The van der Waals surface area contributed by atoms with Crippen LogP contribution >= 0.6 is 11.6 Å². The van der Waals surface area contributed by atoms with Crippen LogP contribution in [0.25, 0.3) is 0 Å². The SMILES string of the molecule is CCCNC(=O)c1ccc(NC(=O)N[C@H]2CCNC2=O)cc1Cl. The lowest BCUT2D eigenvalue weighted by Crippen LogP contribution is -2.42. The summed E-state index contributed by atoms with van der Waals surface area (Å²) in [6.07, 6.45) is 1.39. The third-order valence-electron chi connectivity index (χ3n) is 3.36. The first kappa shape index (κ1) is 17.1. The molecule has 0 saturated carbocycles. The zero-order valence-corrected chi connectivity index (χ0v) is 13.5. The van der Waals surface area contributed by atoms with Crippen molar-refractivity contribution in [3.8, 4) is 0 Å². The molecule has 1 atom stereocenters. The Morgan fingerprint density at radius 3 is 2.78 bits per heavy atom. The molecule has 0 unspecified atom stereocenters. The number of amides is 4. The van der Waals surface area contributed by atoms with E-state index in [-0.39, 0.29) is 16.8 Å². The molecule has 1 fully saturated rings. The number of benzene rings is 1. The van der Waals surface area contributed by atoms with Crippen molar-refractivity contribution in [2.24, 2.45) is 0 Å². The third kappa shape index (κ3) is 4.59. The molecule has 0 spiro atoms. The Morgan fingerprint density at radius 1 is 1.39 bits per heavy atom. The molecular formula is C15H19ClN4O3. The molecule has 0 radical (unpaired) electrons. The maximum Gasteiger partial charge on any atom is 0.319 e. The minimum absolute atomic E-state index is 0.193. The van der Waals surface area contributed by atoms with Crippen LogP contribution in [0, 0.1) is 0 Å². The van der Waals surface area contributed by atoms with Crippen LogP contribution in [0.15, 0.2) is 18.2 Å². The summed E-state index contributed by atoms with van der Waals surface area (Å²) < 4.78 is 0. The summed E-state index contributed by atoms with van der Waals surface area (Å²) in [7, 11) is 0. The molecule has 1 aromatic rings. The number of anilines is 1. The van der Waals surface area contributed by atoms with Gasteiger partial charge in [0.2, 0.25) is 5.91 Å². The van der Waals surface area contributed by atoms with Crippen molar-refractivity contribution in [1.82, 2.24) is 16.0 Å². The van der Waals surface area contributed by atoms with Gasteiger partial charge < -0.3 is 21.3 Å². The first-order valence-corrected chi connectivity index (χ1v) is 7.82. The average Bonchev–Trinajstić information content (AvgIpc) is 2.90. The fourth-order valence-electron chi connectivity index (χ4n) is 2.17. The first-order chi connectivity index (χ1) is 11.0. The summed E-state index contributed by atoms with van der Waals surface area (Å²) in [5.41, 5.74) is 0.791. The molecule has 0 aromatic heterocycles. The van der Waals surface area contributed by atoms with Crippen LogP contribution in [0.2, 0.25) is 5.02 Å². The number of hydrogen-bond donors (Lipinski definition) is 4. The second-order valence-electron chi connectivity index (χ2n) is 5.18. The maximum absolute atomic E-state index is 11.9. The number of carbonyl (C=O) groups is 3. The van der Waals surface area contributed by atoms with E-state index in [1.807, 2.05) is 6.92 Å². The van der Waals surface area contributed by atoms with Crippen LogP contribution in [-0.2, 0) is 4.79 Å². The van der Waals surface area contributed by atoms with Gasteiger partial charge in [-0.05, 0) is 31.0 Å². The molecule has 0 aliphatic carbocycles. The summed E-state index contributed by atoms with van der Waals surface area (Å²) in [6.45, 7) is 3.08. The predicted molar refractivity (Wildman–Crippen MR) is 87.6 cm³/mol. The molecule has 4 N–H and O–H groups in total. The van der Waals surface area contributed by atoms with Crippen molar-refractivity contribution >= 4 is 35.1 Å². The first-order valence-electron chi connectivity index (χ1n) is 7.44. The van der Waals surface area contributed by atoms with Gasteiger partial charge in [-0.2, -0.15) is 0 Å². The molecule has 8 heteroatoms. The van der Waals surface area contributed by atoms with Crippen molar-refractivity contribution in [2.75, 3.05) is 18.4 Å². The van der Waals surface area contributed by atoms with E-state index in [4.69, 9.17) is 11.6 Å². The standard InChI is InChI=1S/C15H19ClN4O3/c1-2-6-17-13(21)10-4-3-9(8-11(10)16)19-15(23)20-12-5-7-18-14(12)22/h3-4,8,12H,2,5-7H2,1H3,(H,17,21)(H,18,22)(H2,19,20,23)/t12-/m0/s1. The van der Waals surface area contributed by atoms with Gasteiger partial charge >= 0.3 is 6.03 Å². The van der Waals surface area contributed by atoms with E-state index in [2.05, 4.69) is 21.3 Å². The fraction of sp³-hybridized carbons (Fsp3) is 0.400. The van der Waals surface area contributed by atoms with Crippen molar-refractivity contribution in [3.05, 3.63) is 28.8 Å². The summed E-state index contributed by atoms with van der Waals surface area (Å²) in [5, 5.41) is 10.8. The second-order valence-corrected chi connectivity index (χ2v) is 5.59. The predicted octanol–water partition coefficient (Wildman–Crippen LogP) is 1.49. The highest BCUT2D eigenvalue weighted by atomic mass is 35.5. The Bertz CT molecular complexity index is 621. The van der Waals surface area contributed by atoms with Crippen molar-refractivity contribution in [1.29, 1.82) is 0 Å². The number of nitrogens with one attached hydrogen (secondary N) is 4. The van der Waals surface area contributed by atoms with Crippen LogP contribution in [0.3, 0.4) is 0 Å². The zero-order chi connectivity index (χ0) is 16.8. The monoisotopic (exact) mass is 338 g/mol. The van der Waals surface area contributed by atoms with Crippen LogP contribution in [-0.4, -0.2) is 37.0 Å². The number of carbonyl (C=O) groups excluding carboxylic acids is 3. The molecular weight excluding hydrogens is 320 g/mol. The number of hydrogen-bond acceptors (Lipinski definition) is 3. The molecule has 1 aliphatic heterocycles. The molecule has 124 valence electrons. The number of halogens is 1. The van der Waals surface area contributed by atoms with Gasteiger partial charge in [0.15, 0.2) is 0 Å². The Kier molecular flexibility index (Phi) is 5.81. The maximum atomic E-state index is 11.9. The van der Waals surface area contributed by atoms with Crippen LogP contribution in [0.1, 0.15) is 30.1 Å². The molecule has 0 bridgehead atoms. The molecule has 1 heterocycles. The van der Waals surface area contributed by atoms with Gasteiger partial charge in [0.25, 0.3) is 5.91 Å². The van der Waals surface area contributed by atoms with Gasteiger partial charge in [-0.3, -0.25) is 9.59 Å². The highest BCUT2D eigenvalue weighted by Crippen LogP contribution is 2.21. The van der Waals surface area contributed by atoms with Gasteiger partial charge in [0.1, 0.15) is 6.04 Å².